The standard InChI is InChI=1S/C28H25BrN2O2/c1-2-20-10-12-21(13-11-20)17-28(32)31-30-18-22-14-15-27(26(29)16-22)33-19-24-8-5-7-23-6-3-4-9-25(23)24/h3-16,18H,2,17,19H2,1H3,(H,31,32)/b30-18+. The van der Waals surface area contributed by atoms with Gasteiger partial charge in [0.25, 0.3) is 0 Å². The number of halogens is 1. The van der Waals surface area contributed by atoms with Crippen LogP contribution in [-0.4, -0.2) is 12.1 Å². The van der Waals surface area contributed by atoms with Crippen LogP contribution in [0.5, 0.6) is 5.75 Å². The largest absolute Gasteiger partial charge is 0.488 e. The van der Waals surface area contributed by atoms with E-state index >= 15 is 0 Å². The minimum absolute atomic E-state index is 0.149. The Bertz CT molecular complexity index is 1280. The molecule has 166 valence electrons. The topological polar surface area (TPSA) is 50.7 Å². The quantitative estimate of drug-likeness (QED) is 0.223. The number of amides is 1. The Morgan fingerprint density at radius 2 is 1.73 bits per heavy atom. The number of nitrogens with one attached hydrogen (secondary N) is 1. The molecule has 4 rings (SSSR count). The third kappa shape index (κ3) is 6.08. The zero-order valence-corrected chi connectivity index (χ0v) is 20.0. The summed E-state index contributed by atoms with van der Waals surface area (Å²) in [7, 11) is 0. The van der Waals surface area contributed by atoms with Crippen LogP contribution in [0.4, 0.5) is 0 Å². The van der Waals surface area contributed by atoms with Crippen LogP contribution in [0.1, 0.15) is 29.2 Å². The fourth-order valence-electron chi connectivity index (χ4n) is 3.58. The van der Waals surface area contributed by atoms with Crippen molar-refractivity contribution in [2.45, 2.75) is 26.4 Å². The van der Waals surface area contributed by atoms with E-state index in [-0.39, 0.29) is 5.91 Å². The molecule has 0 heterocycles. The van der Waals surface area contributed by atoms with Crippen molar-refractivity contribution in [3.05, 3.63) is 112 Å². The van der Waals surface area contributed by atoms with E-state index in [2.05, 4.69) is 57.6 Å². The molecule has 0 aliphatic rings. The van der Waals surface area contributed by atoms with Gasteiger partial charge in [-0.05, 0) is 73.6 Å². The number of hydrazone groups is 1. The van der Waals surface area contributed by atoms with Crippen molar-refractivity contribution in [2.75, 3.05) is 0 Å². The second-order valence-corrected chi connectivity index (χ2v) is 8.61. The van der Waals surface area contributed by atoms with Crippen molar-refractivity contribution in [3.63, 3.8) is 0 Å². The molecule has 1 amide bonds. The molecule has 5 heteroatoms. The summed E-state index contributed by atoms with van der Waals surface area (Å²) in [5.41, 5.74) is 6.81. The van der Waals surface area contributed by atoms with Gasteiger partial charge in [0.2, 0.25) is 5.91 Å². The minimum atomic E-state index is -0.149. The van der Waals surface area contributed by atoms with E-state index in [1.54, 1.807) is 6.21 Å². The van der Waals surface area contributed by atoms with Gasteiger partial charge in [-0.15, -0.1) is 0 Å². The fraction of sp³-hybridized carbons (Fsp3) is 0.143. The number of fused-ring (bicyclic) bond motifs is 1. The lowest BCUT2D eigenvalue weighted by Gasteiger charge is -2.11. The number of hydrogen-bond donors (Lipinski definition) is 1. The Hall–Kier alpha value is -3.44. The lowest BCUT2D eigenvalue weighted by Crippen LogP contribution is -2.19. The van der Waals surface area contributed by atoms with Gasteiger partial charge >= 0.3 is 0 Å². The molecule has 33 heavy (non-hydrogen) atoms. The third-order valence-electron chi connectivity index (χ3n) is 5.42. The van der Waals surface area contributed by atoms with E-state index in [0.717, 1.165) is 33.3 Å². The molecule has 0 saturated carbocycles. The highest BCUT2D eigenvalue weighted by atomic mass is 79.9. The molecule has 0 aliphatic carbocycles. The van der Waals surface area contributed by atoms with Gasteiger partial charge in [-0.2, -0.15) is 5.10 Å². The Balaban J connectivity index is 1.33. The molecule has 0 spiro atoms. The Labute approximate surface area is 202 Å². The lowest BCUT2D eigenvalue weighted by atomic mass is 10.1. The molecule has 0 bridgehead atoms. The first-order valence-electron chi connectivity index (χ1n) is 10.9. The first kappa shape index (κ1) is 22.7. The van der Waals surface area contributed by atoms with E-state index in [0.29, 0.717) is 13.0 Å². The summed E-state index contributed by atoms with van der Waals surface area (Å²) in [5, 5.41) is 6.47. The number of carbonyl (C=O) groups excluding carboxylic acids is 1. The minimum Gasteiger partial charge on any atom is -0.488 e. The van der Waals surface area contributed by atoms with Gasteiger partial charge in [-0.3, -0.25) is 4.79 Å². The summed E-state index contributed by atoms with van der Waals surface area (Å²) >= 11 is 3.57. The van der Waals surface area contributed by atoms with Crippen molar-refractivity contribution < 1.29 is 9.53 Å². The van der Waals surface area contributed by atoms with E-state index in [1.165, 1.54) is 16.3 Å². The van der Waals surface area contributed by atoms with E-state index in [4.69, 9.17) is 4.74 Å². The SMILES string of the molecule is CCc1ccc(CC(=O)N/N=C/c2ccc(OCc3cccc4ccccc34)c(Br)c2)cc1. The number of ether oxygens (including phenoxy) is 1. The molecule has 4 aromatic rings. The second kappa shape index (κ2) is 10.9. The van der Waals surface area contributed by atoms with Crippen LogP contribution in [0, 0.1) is 0 Å². The molecule has 0 saturated heterocycles. The van der Waals surface area contributed by atoms with E-state index in [1.807, 2.05) is 60.7 Å². The molecular formula is C28H25BrN2O2. The molecule has 0 radical (unpaired) electrons. The zero-order chi connectivity index (χ0) is 23.0. The highest BCUT2D eigenvalue weighted by Gasteiger charge is 2.06. The lowest BCUT2D eigenvalue weighted by molar-refractivity contribution is -0.120. The van der Waals surface area contributed by atoms with Crippen LogP contribution in [0.25, 0.3) is 10.8 Å². The highest BCUT2D eigenvalue weighted by Crippen LogP contribution is 2.27. The van der Waals surface area contributed by atoms with Gasteiger partial charge in [-0.25, -0.2) is 5.43 Å². The van der Waals surface area contributed by atoms with Gasteiger partial charge in [0.05, 0.1) is 17.1 Å². The molecular weight excluding hydrogens is 476 g/mol. The normalized spacial score (nSPS) is 11.1. The number of hydrogen-bond acceptors (Lipinski definition) is 3. The summed E-state index contributed by atoms with van der Waals surface area (Å²) in [4.78, 5) is 12.1. The molecule has 0 aliphatic heterocycles. The zero-order valence-electron chi connectivity index (χ0n) is 18.4. The van der Waals surface area contributed by atoms with Crippen LogP contribution in [0.15, 0.2) is 94.5 Å². The first-order chi connectivity index (χ1) is 16.1. The summed E-state index contributed by atoms with van der Waals surface area (Å²) < 4.78 is 6.88. The summed E-state index contributed by atoms with van der Waals surface area (Å²) in [6, 6.07) is 28.3. The van der Waals surface area contributed by atoms with Gasteiger partial charge < -0.3 is 4.74 Å². The van der Waals surface area contributed by atoms with Gasteiger partial charge in [0.15, 0.2) is 0 Å². The maximum Gasteiger partial charge on any atom is 0.244 e. The van der Waals surface area contributed by atoms with Crippen molar-refractivity contribution in [3.8, 4) is 5.75 Å². The van der Waals surface area contributed by atoms with Crippen molar-refractivity contribution in [2.24, 2.45) is 5.10 Å². The van der Waals surface area contributed by atoms with Crippen molar-refractivity contribution in [1.29, 1.82) is 0 Å². The van der Waals surface area contributed by atoms with Crippen LogP contribution >= 0.6 is 15.9 Å². The molecule has 0 fully saturated rings. The monoisotopic (exact) mass is 500 g/mol. The maximum absolute atomic E-state index is 12.1. The van der Waals surface area contributed by atoms with Crippen LogP contribution < -0.4 is 10.2 Å². The van der Waals surface area contributed by atoms with E-state index in [9.17, 15) is 4.79 Å². The predicted molar refractivity (Wildman–Crippen MR) is 138 cm³/mol. The molecule has 0 atom stereocenters. The highest BCUT2D eigenvalue weighted by molar-refractivity contribution is 9.10. The van der Waals surface area contributed by atoms with Crippen LogP contribution in [-0.2, 0) is 24.2 Å². The number of rotatable bonds is 8. The Kier molecular flexibility index (Phi) is 7.53. The maximum atomic E-state index is 12.1. The number of carbonyl (C=O) groups is 1. The smallest absolute Gasteiger partial charge is 0.244 e. The Morgan fingerprint density at radius 1 is 0.970 bits per heavy atom. The summed E-state index contributed by atoms with van der Waals surface area (Å²) in [5.74, 6) is 0.601. The Morgan fingerprint density at radius 3 is 2.52 bits per heavy atom. The molecule has 4 nitrogen and oxygen atoms in total. The van der Waals surface area contributed by atoms with Crippen molar-refractivity contribution in [1.82, 2.24) is 5.43 Å². The average Bonchev–Trinajstić information content (AvgIpc) is 2.84. The fourth-order valence-corrected chi connectivity index (χ4v) is 4.10. The summed E-state index contributed by atoms with van der Waals surface area (Å²) in [6.45, 7) is 2.58. The predicted octanol–water partition coefficient (Wildman–Crippen LogP) is 6.44. The molecule has 1 N–H and O–H groups in total. The number of nitrogens with zero attached hydrogens (tertiary/aromatic N) is 1. The molecule has 0 aromatic heterocycles. The van der Waals surface area contributed by atoms with Crippen LogP contribution in [0.3, 0.4) is 0 Å². The third-order valence-corrected chi connectivity index (χ3v) is 6.04. The average molecular weight is 501 g/mol. The summed E-state index contributed by atoms with van der Waals surface area (Å²) in [6.07, 6.45) is 2.91. The van der Waals surface area contributed by atoms with Gasteiger partial charge in [-0.1, -0.05) is 73.7 Å². The van der Waals surface area contributed by atoms with Gasteiger partial charge in [0, 0.05) is 0 Å². The van der Waals surface area contributed by atoms with Crippen LogP contribution in [0.2, 0.25) is 0 Å². The number of benzene rings is 4. The van der Waals surface area contributed by atoms with Gasteiger partial charge in [0.1, 0.15) is 12.4 Å². The van der Waals surface area contributed by atoms with Crippen molar-refractivity contribution >= 4 is 38.8 Å². The first-order valence-corrected chi connectivity index (χ1v) is 11.7. The molecule has 4 aromatic carbocycles. The second-order valence-electron chi connectivity index (χ2n) is 7.76. The van der Waals surface area contributed by atoms with E-state index < -0.39 is 0 Å². The number of aryl methyl sites for hydroxylation is 1. The molecule has 0 unspecified atom stereocenters.